The first kappa shape index (κ1) is 21.9. The fourth-order valence-electron chi connectivity index (χ4n) is 3.96. The Morgan fingerprint density at radius 3 is 2.62 bits per heavy atom. The fraction of sp³-hybridized carbons (Fsp3) is 0.320. The molecule has 32 heavy (non-hydrogen) atoms. The molecule has 6 nitrogen and oxygen atoms in total. The largest absolute Gasteiger partial charge is 0.476 e. The molecular weight excluding hydrogens is 407 g/mol. The van der Waals surface area contributed by atoms with Gasteiger partial charge in [-0.05, 0) is 38.0 Å². The van der Waals surface area contributed by atoms with Crippen molar-refractivity contribution in [2.75, 3.05) is 13.2 Å². The second-order valence-electron chi connectivity index (χ2n) is 8.88. The maximum atomic E-state index is 14.6. The Labute approximate surface area is 187 Å². The average Bonchev–Trinajstić information content (AvgIpc) is 2.92. The molecule has 166 valence electrons. The Kier molecular flexibility index (Phi) is 6.19. The lowest BCUT2D eigenvalue weighted by Gasteiger charge is -2.32. The smallest absolute Gasteiger partial charge is 0.242 e. The van der Waals surface area contributed by atoms with Gasteiger partial charge in [0, 0.05) is 30.4 Å². The minimum atomic E-state index is -0.637. The minimum absolute atomic E-state index is 0.151. The van der Waals surface area contributed by atoms with Crippen LogP contribution in [0.5, 0.6) is 5.88 Å². The predicted octanol–water partition coefficient (Wildman–Crippen LogP) is 4.13. The molecule has 0 saturated heterocycles. The molecule has 0 fully saturated rings. The van der Waals surface area contributed by atoms with Crippen LogP contribution in [0.25, 0.3) is 11.1 Å². The number of amides is 1. The molecule has 0 radical (unpaired) electrons. The van der Waals surface area contributed by atoms with Gasteiger partial charge in [-0.1, -0.05) is 42.5 Å². The molecule has 7 heteroatoms. The summed E-state index contributed by atoms with van der Waals surface area (Å²) < 4.78 is 20.4. The number of carbonyl (C=O) groups excluding carboxylic acids is 1. The van der Waals surface area contributed by atoms with Crippen molar-refractivity contribution in [3.8, 4) is 17.0 Å². The van der Waals surface area contributed by atoms with Crippen molar-refractivity contribution in [1.82, 2.24) is 20.2 Å². The van der Waals surface area contributed by atoms with Gasteiger partial charge in [0.25, 0.3) is 0 Å². The summed E-state index contributed by atoms with van der Waals surface area (Å²) in [6.07, 6.45) is 3.05. The van der Waals surface area contributed by atoms with E-state index in [2.05, 4.69) is 15.3 Å². The number of nitrogens with zero attached hydrogens (tertiary/aromatic N) is 3. The molecule has 0 spiro atoms. The molecule has 2 aromatic carbocycles. The van der Waals surface area contributed by atoms with Crippen LogP contribution in [0.15, 0.2) is 61.1 Å². The molecule has 0 saturated carbocycles. The zero-order valence-electron chi connectivity index (χ0n) is 18.5. The highest BCUT2D eigenvalue weighted by molar-refractivity contribution is 5.84. The second kappa shape index (κ2) is 9.04. The number of benzene rings is 2. The molecule has 1 atom stereocenters. The molecule has 4 rings (SSSR count). The van der Waals surface area contributed by atoms with Crippen LogP contribution in [-0.2, 0) is 11.3 Å². The first-order valence-electron chi connectivity index (χ1n) is 10.6. The summed E-state index contributed by atoms with van der Waals surface area (Å²) in [5, 5.41) is 3.08. The van der Waals surface area contributed by atoms with Crippen LogP contribution in [0.2, 0.25) is 0 Å². The lowest BCUT2D eigenvalue weighted by atomic mass is 9.97. The molecule has 1 unspecified atom stereocenters. The number of ether oxygens (including phenoxy) is 1. The Morgan fingerprint density at radius 2 is 1.88 bits per heavy atom. The van der Waals surface area contributed by atoms with E-state index < -0.39 is 11.6 Å². The van der Waals surface area contributed by atoms with E-state index in [0.29, 0.717) is 36.7 Å². The normalized spacial score (nSPS) is 16.6. The van der Waals surface area contributed by atoms with Crippen molar-refractivity contribution in [2.24, 2.45) is 0 Å². The van der Waals surface area contributed by atoms with E-state index in [4.69, 9.17) is 4.74 Å². The molecule has 1 amide bonds. The fourth-order valence-corrected chi connectivity index (χ4v) is 3.96. The van der Waals surface area contributed by atoms with E-state index in [0.717, 1.165) is 11.1 Å². The molecule has 1 aliphatic heterocycles. The van der Waals surface area contributed by atoms with E-state index in [1.54, 1.807) is 18.3 Å². The topological polar surface area (TPSA) is 67.3 Å². The maximum absolute atomic E-state index is 14.6. The van der Waals surface area contributed by atoms with Gasteiger partial charge in [0.2, 0.25) is 11.8 Å². The van der Waals surface area contributed by atoms with E-state index in [9.17, 15) is 9.18 Å². The van der Waals surface area contributed by atoms with Gasteiger partial charge in [0.15, 0.2) is 0 Å². The third kappa shape index (κ3) is 4.78. The Bertz CT molecular complexity index is 1110. The number of halogens is 1. The van der Waals surface area contributed by atoms with Crippen LogP contribution < -0.4 is 10.1 Å². The lowest BCUT2D eigenvalue weighted by Crippen LogP contribution is -2.47. The Balaban J connectivity index is 1.74. The Morgan fingerprint density at radius 1 is 1.16 bits per heavy atom. The van der Waals surface area contributed by atoms with Crippen molar-refractivity contribution in [3.05, 3.63) is 78.0 Å². The van der Waals surface area contributed by atoms with Crippen molar-refractivity contribution in [1.29, 1.82) is 0 Å². The van der Waals surface area contributed by atoms with Crippen molar-refractivity contribution in [3.63, 3.8) is 0 Å². The zero-order valence-corrected chi connectivity index (χ0v) is 18.5. The van der Waals surface area contributed by atoms with Crippen molar-refractivity contribution < 1.29 is 13.9 Å². The number of carbonyl (C=O) groups is 1. The number of nitrogens with one attached hydrogen (secondary N) is 1. The van der Waals surface area contributed by atoms with E-state index in [1.165, 1.54) is 12.4 Å². The summed E-state index contributed by atoms with van der Waals surface area (Å²) in [5.41, 5.74) is 2.47. The molecule has 2 heterocycles. The molecule has 0 bridgehead atoms. The lowest BCUT2D eigenvalue weighted by molar-refractivity contribution is -0.128. The summed E-state index contributed by atoms with van der Waals surface area (Å²) in [7, 11) is 0. The van der Waals surface area contributed by atoms with Crippen LogP contribution in [0, 0.1) is 5.82 Å². The number of fused-ring (bicyclic) bond motifs is 1. The predicted molar refractivity (Wildman–Crippen MR) is 120 cm³/mol. The number of hydrogen-bond donors (Lipinski definition) is 1. The van der Waals surface area contributed by atoms with Gasteiger partial charge in [0.1, 0.15) is 24.8 Å². The van der Waals surface area contributed by atoms with Crippen LogP contribution in [0.1, 0.15) is 37.9 Å². The van der Waals surface area contributed by atoms with Crippen molar-refractivity contribution in [2.45, 2.75) is 38.9 Å². The van der Waals surface area contributed by atoms with Gasteiger partial charge in [-0.2, -0.15) is 0 Å². The second-order valence-corrected chi connectivity index (χ2v) is 8.88. The van der Waals surface area contributed by atoms with Gasteiger partial charge >= 0.3 is 0 Å². The minimum Gasteiger partial charge on any atom is -0.476 e. The summed E-state index contributed by atoms with van der Waals surface area (Å²) in [5.74, 6) is -0.0127. The van der Waals surface area contributed by atoms with Gasteiger partial charge in [-0.15, -0.1) is 0 Å². The molecule has 1 aliphatic rings. The third-order valence-electron chi connectivity index (χ3n) is 5.28. The number of rotatable bonds is 4. The molecule has 1 aromatic heterocycles. The molecule has 0 aliphatic carbocycles. The highest BCUT2D eigenvalue weighted by Gasteiger charge is 2.35. The summed E-state index contributed by atoms with van der Waals surface area (Å²) in [4.78, 5) is 23.8. The zero-order chi connectivity index (χ0) is 22.7. The third-order valence-corrected chi connectivity index (χ3v) is 5.28. The van der Waals surface area contributed by atoms with Crippen molar-refractivity contribution >= 4 is 5.91 Å². The molecule has 1 N–H and O–H groups in total. The quantitative estimate of drug-likeness (QED) is 0.669. The van der Waals surface area contributed by atoms with Gasteiger partial charge in [-0.25, -0.2) is 14.4 Å². The first-order chi connectivity index (χ1) is 15.3. The average molecular weight is 435 g/mol. The first-order valence-corrected chi connectivity index (χ1v) is 10.6. The molecule has 3 aromatic rings. The summed E-state index contributed by atoms with van der Waals surface area (Å²) in [6.45, 7) is 7.15. The highest BCUT2D eigenvalue weighted by Crippen LogP contribution is 2.34. The highest BCUT2D eigenvalue weighted by atomic mass is 19.1. The van der Waals surface area contributed by atoms with Gasteiger partial charge < -0.3 is 10.1 Å². The van der Waals surface area contributed by atoms with Crippen LogP contribution in [0.3, 0.4) is 0 Å². The van der Waals surface area contributed by atoms with Gasteiger partial charge in [0.05, 0.1) is 5.56 Å². The summed E-state index contributed by atoms with van der Waals surface area (Å²) >= 11 is 0. The molecular formula is C25H27FN4O2. The number of aromatic nitrogens is 2. The maximum Gasteiger partial charge on any atom is 0.242 e. The number of hydrogen-bond acceptors (Lipinski definition) is 5. The van der Waals surface area contributed by atoms with E-state index >= 15 is 0 Å². The van der Waals surface area contributed by atoms with Crippen LogP contribution >= 0.6 is 0 Å². The monoisotopic (exact) mass is 434 g/mol. The van der Waals surface area contributed by atoms with Crippen LogP contribution in [-0.4, -0.2) is 39.5 Å². The van der Waals surface area contributed by atoms with E-state index in [-0.39, 0.29) is 11.7 Å². The van der Waals surface area contributed by atoms with Gasteiger partial charge in [-0.3, -0.25) is 9.69 Å². The summed E-state index contributed by atoms with van der Waals surface area (Å²) in [6, 6.07) is 13.8. The standard InChI is InChI=1S/C25H27FN4O2/c1-25(2,3)29-23(31)22-20-14-27-16-28-24(20)32-13-12-30(22)15-17-8-4-5-9-18(17)19-10-6-7-11-21(19)26/h4-11,14,16,22H,12-13,15H2,1-3H3,(H,29,31). The SMILES string of the molecule is CC(C)(C)NC(=O)C1c2cncnc2OCCN1Cc1ccccc1-c1ccccc1F. The van der Waals surface area contributed by atoms with Crippen LogP contribution in [0.4, 0.5) is 4.39 Å². The Hall–Kier alpha value is -3.32. The van der Waals surface area contributed by atoms with E-state index in [1.807, 2.05) is 56.0 Å².